The Morgan fingerprint density at radius 3 is 0.984 bits per heavy atom. The number of aryl methyl sites for hydroxylation is 4. The van der Waals surface area contributed by atoms with Gasteiger partial charge in [0.2, 0.25) is 0 Å². The van der Waals surface area contributed by atoms with Crippen LogP contribution in [-0.2, 0) is 28.2 Å². The zero-order valence-corrected chi connectivity index (χ0v) is 72.6. The summed E-state index contributed by atoms with van der Waals surface area (Å²) in [5, 5.41) is 45.7. The molecule has 0 spiro atoms. The van der Waals surface area contributed by atoms with Crippen LogP contribution < -0.4 is 40.2 Å². The third-order valence-electron chi connectivity index (χ3n) is 19.0. The van der Waals surface area contributed by atoms with Gasteiger partial charge in [-0.3, -0.25) is 37.9 Å². The van der Waals surface area contributed by atoms with Gasteiger partial charge in [-0.15, -0.1) is 47.0 Å². The van der Waals surface area contributed by atoms with E-state index in [4.69, 9.17) is 14.2 Å². The maximum atomic E-state index is 13.3. The van der Waals surface area contributed by atoms with Crippen molar-refractivity contribution in [2.75, 3.05) is 34.2 Å². The number of anilines is 4. The Hall–Kier alpha value is -14.0. The highest BCUT2D eigenvalue weighted by molar-refractivity contribution is 8.00. The van der Waals surface area contributed by atoms with Crippen LogP contribution in [0.3, 0.4) is 0 Å². The maximum Gasteiger partial charge on any atom is 0.387 e. The van der Waals surface area contributed by atoms with Crippen LogP contribution in [0.2, 0.25) is 0 Å². The minimum absolute atomic E-state index is 0.00481. The predicted octanol–water partition coefficient (Wildman–Crippen LogP) is 17.6. The number of hydrogen-bond acceptors (Lipinski definition) is 24. The average Bonchev–Trinajstić information content (AvgIpc) is 1.68. The fourth-order valence-electron chi connectivity index (χ4n) is 13.1. The normalized spacial score (nSPS) is 12.3. The topological polar surface area (TPSA) is 345 Å². The van der Waals surface area contributed by atoms with Gasteiger partial charge in [0, 0.05) is 160 Å². The average molecular weight is 1850 g/mol. The molecule has 0 saturated heterocycles. The first-order valence-corrected chi connectivity index (χ1v) is 43.0. The molecule has 1 aliphatic carbocycles. The van der Waals surface area contributed by atoms with Gasteiger partial charge in [-0.1, -0.05) is 27.2 Å². The lowest BCUT2D eigenvalue weighted by molar-refractivity contribution is -0.0501. The summed E-state index contributed by atoms with van der Waals surface area (Å²) in [4.78, 5) is 71.9. The molecular formula is C84H77F9N24O8S4. The third kappa shape index (κ3) is 22.2. The van der Waals surface area contributed by atoms with E-state index in [1.165, 1.54) is 116 Å². The molecule has 129 heavy (non-hydrogen) atoms. The highest BCUT2D eigenvalue weighted by Gasteiger charge is 2.30. The van der Waals surface area contributed by atoms with Gasteiger partial charge in [-0.2, -0.15) is 75.9 Å². The second-order valence-corrected chi connectivity index (χ2v) is 33.6. The molecule has 17 rings (SSSR count). The number of halogens is 9. The number of amides is 4. The number of nitrogens with one attached hydrogen (secondary N) is 4. The van der Waals surface area contributed by atoms with Crippen LogP contribution in [0.5, 0.6) is 23.0 Å². The molecular weight excluding hydrogens is 1770 g/mol. The monoisotopic (exact) mass is 1850 g/mol. The van der Waals surface area contributed by atoms with E-state index in [2.05, 4.69) is 86.7 Å². The van der Waals surface area contributed by atoms with E-state index in [1.54, 1.807) is 199 Å². The van der Waals surface area contributed by atoms with Gasteiger partial charge in [0.1, 0.15) is 74.7 Å². The molecule has 1 atom stereocenters. The van der Waals surface area contributed by atoms with Gasteiger partial charge in [-0.25, -0.2) is 42.4 Å². The SMILES string of the molecule is CC(C)Sc1ccc(OC(F)F)c(-c2nn(C)cc2NC(=O)c2cnn3cccnc23)c1.CCC(CF)Sc1ccc(OC(F)F)c(-c2nn(C)cc2NC(=O)c2cnn3cccnc23)c1.CSc1ccc(OC(F)F)c(-c2nn(C)cc2NC(=O)c2cnn3cccnc23)c1.Cn1cc(NC(=O)c2cnn3cccnc23)c(-c2cc(SC3CCC3)ccc2OC(F)F)n1. The first-order valence-electron chi connectivity index (χ1n) is 39.1. The lowest BCUT2D eigenvalue weighted by Crippen LogP contribution is -2.13. The molecule has 1 fully saturated rings. The fourth-order valence-corrected chi connectivity index (χ4v) is 16.7. The summed E-state index contributed by atoms with van der Waals surface area (Å²) < 4.78 is 148. The van der Waals surface area contributed by atoms with Crippen molar-refractivity contribution in [2.45, 2.75) is 108 Å². The summed E-state index contributed by atoms with van der Waals surface area (Å²) in [7, 11) is 6.67. The van der Waals surface area contributed by atoms with Crippen molar-refractivity contribution in [3.8, 4) is 68.0 Å². The van der Waals surface area contributed by atoms with E-state index in [1.807, 2.05) is 27.0 Å². The van der Waals surface area contributed by atoms with Crippen molar-refractivity contribution < 1.29 is 77.6 Å². The van der Waals surface area contributed by atoms with Crippen molar-refractivity contribution >= 4 is 116 Å². The van der Waals surface area contributed by atoms with Crippen LogP contribution in [0.15, 0.2) is 216 Å². The number of fused-ring (bicyclic) bond motifs is 4. The molecule has 1 unspecified atom stereocenters. The predicted molar refractivity (Wildman–Crippen MR) is 467 cm³/mol. The molecule has 0 radical (unpaired) electrons. The van der Waals surface area contributed by atoms with E-state index in [0.717, 1.165) is 27.5 Å². The Morgan fingerprint density at radius 2 is 0.713 bits per heavy atom. The fraction of sp³-hybridized carbons (Fsp3) is 0.238. The second-order valence-electron chi connectivity index (χ2n) is 28.4. The molecule has 4 aromatic carbocycles. The van der Waals surface area contributed by atoms with Gasteiger partial charge in [0.15, 0.2) is 22.6 Å². The molecule has 4 N–H and O–H groups in total. The summed E-state index contributed by atoms with van der Waals surface area (Å²) in [6, 6.07) is 26.2. The van der Waals surface area contributed by atoms with E-state index in [-0.39, 0.29) is 72.7 Å². The third-order valence-corrected chi connectivity index (χ3v) is 23.4. The van der Waals surface area contributed by atoms with Crippen LogP contribution in [-0.4, -0.2) is 176 Å². The Morgan fingerprint density at radius 1 is 0.426 bits per heavy atom. The number of carbonyl (C=O) groups is 4. The molecule has 0 aliphatic heterocycles. The molecule has 16 aromatic rings. The van der Waals surface area contributed by atoms with Gasteiger partial charge in [0.25, 0.3) is 23.6 Å². The molecule has 1 saturated carbocycles. The van der Waals surface area contributed by atoms with Crippen LogP contribution in [0.1, 0.15) is 87.9 Å². The maximum absolute atomic E-state index is 13.3. The molecule has 0 bridgehead atoms. The largest absolute Gasteiger partial charge is 0.434 e. The van der Waals surface area contributed by atoms with E-state index in [0.29, 0.717) is 90.0 Å². The summed E-state index contributed by atoms with van der Waals surface area (Å²) in [6.07, 6.45) is 30.9. The Balaban J connectivity index is 0.000000139. The molecule has 4 amide bonds. The minimum atomic E-state index is -3.06. The van der Waals surface area contributed by atoms with Gasteiger partial charge in [0.05, 0.1) is 47.5 Å². The second kappa shape index (κ2) is 41.2. The first kappa shape index (κ1) is 91.3. The highest BCUT2D eigenvalue weighted by Crippen LogP contribution is 2.45. The lowest BCUT2D eigenvalue weighted by atomic mass is 10.00. The van der Waals surface area contributed by atoms with Crippen molar-refractivity contribution in [3.63, 3.8) is 0 Å². The lowest BCUT2D eigenvalue weighted by Gasteiger charge is -2.25. The smallest absolute Gasteiger partial charge is 0.387 e. The molecule has 12 heterocycles. The van der Waals surface area contributed by atoms with E-state index < -0.39 is 56.7 Å². The molecule has 12 aromatic heterocycles. The first-order chi connectivity index (χ1) is 62.1. The highest BCUT2D eigenvalue weighted by atomic mass is 32.2. The van der Waals surface area contributed by atoms with Gasteiger partial charge in [-0.05, 0) is 123 Å². The Bertz CT molecular complexity index is 6690. The molecule has 32 nitrogen and oxygen atoms in total. The minimum Gasteiger partial charge on any atom is -0.434 e. The summed E-state index contributed by atoms with van der Waals surface area (Å²) in [5.74, 6) is -2.00. The number of benzene rings is 4. The number of ether oxygens (including phenoxy) is 4. The molecule has 45 heteroatoms. The zero-order valence-electron chi connectivity index (χ0n) is 69.3. The summed E-state index contributed by atoms with van der Waals surface area (Å²) in [5.41, 5.74) is 6.45. The number of carbonyl (C=O) groups excluding carboxylic acids is 4. The van der Waals surface area contributed by atoms with Crippen LogP contribution in [0, 0.1) is 0 Å². The van der Waals surface area contributed by atoms with E-state index in [9.17, 15) is 58.7 Å². The number of hydrogen-bond donors (Lipinski definition) is 4. The Kier molecular flexibility index (Phi) is 29.2. The number of aromatic nitrogens is 20. The quantitative estimate of drug-likeness (QED) is 0.0250. The van der Waals surface area contributed by atoms with Gasteiger partial charge >= 0.3 is 26.4 Å². The summed E-state index contributed by atoms with van der Waals surface area (Å²) >= 11 is 6.02. The number of alkyl halides is 9. The summed E-state index contributed by atoms with van der Waals surface area (Å²) in [6.45, 7) is -6.62. The van der Waals surface area contributed by atoms with Crippen molar-refractivity contribution in [1.82, 2.24) is 97.5 Å². The van der Waals surface area contributed by atoms with Crippen molar-refractivity contribution in [3.05, 3.63) is 218 Å². The van der Waals surface area contributed by atoms with Gasteiger partial charge < -0.3 is 40.2 Å². The van der Waals surface area contributed by atoms with Crippen molar-refractivity contribution in [1.29, 1.82) is 0 Å². The van der Waals surface area contributed by atoms with Crippen LogP contribution in [0.25, 0.3) is 67.6 Å². The van der Waals surface area contributed by atoms with E-state index >= 15 is 0 Å². The molecule has 668 valence electrons. The zero-order chi connectivity index (χ0) is 91.3. The number of thioether (sulfide) groups is 4. The van der Waals surface area contributed by atoms with Crippen LogP contribution >= 0.6 is 47.0 Å². The number of rotatable bonds is 29. The number of nitrogens with zero attached hydrogens (tertiary/aromatic N) is 20. The molecule has 1 aliphatic rings. The van der Waals surface area contributed by atoms with Crippen molar-refractivity contribution in [2.24, 2.45) is 28.2 Å². The van der Waals surface area contributed by atoms with Crippen LogP contribution in [0.4, 0.5) is 62.3 Å². The standard InChI is InChI=1S/C22H21F3N6O2S.C22H20F2N6O2S.C21H20F2N6O2S.C19H16F2N6O2S/c1-3-13(10-23)34-14-5-6-18(33-22(24)25)15(9-14)19-17(12-30(2)29-19)28-21(32)16-11-27-31-8-4-7-26-20(16)31;1-29-12-17(27-21(31)16-11-26-30-9-3-8-25-20(16)30)19(28-29)15-10-14(33-13-4-2-5-13)6-7-18(15)32-22(23)24;1-12(2)32-13-5-6-17(31-21(22)23)14(9-13)18-16(11-28(3)27-18)26-20(30)15-10-25-29-8-4-7-24-19(15)29;1-26-10-14(24-18(28)13-9-23-27-7-3-6-22-17(13)27)16(25-26)12-8-11(30-2)4-5-15(12)29-19(20)21/h4-9,11-13,22H,3,10H2,1-2H3,(H,28,32);3,6-13,22H,2,4-5H2,1H3,(H,27,31);4-12,21H,1-3H3,(H,26,30);3-10,19H,1-2H3,(H,24,28). The Labute approximate surface area is 744 Å².